The Bertz CT molecular complexity index is 414. The third-order valence-corrected chi connectivity index (χ3v) is 5.15. The number of piperidine rings is 1. The van der Waals surface area contributed by atoms with Gasteiger partial charge in [0, 0.05) is 29.7 Å². The molecule has 1 aromatic heterocycles. The largest absolute Gasteiger partial charge is 0.356 e. The minimum absolute atomic E-state index is 0.846. The van der Waals surface area contributed by atoms with Crippen LogP contribution in [0.25, 0.3) is 0 Å². The van der Waals surface area contributed by atoms with Gasteiger partial charge in [0.05, 0.1) is 0 Å². The van der Waals surface area contributed by atoms with E-state index >= 15 is 0 Å². The number of alkyl halides is 1. The van der Waals surface area contributed by atoms with Gasteiger partial charge in [-0.15, -0.1) is 0 Å². The summed E-state index contributed by atoms with van der Waals surface area (Å²) in [7, 11) is 0. The molecule has 1 aliphatic heterocycles. The van der Waals surface area contributed by atoms with Gasteiger partial charge in [-0.25, -0.2) is 9.97 Å². The molecular formula is C14H20BrN3. The number of fused-ring (bicyclic) bond motifs is 1. The highest BCUT2D eigenvalue weighted by Gasteiger charge is 2.23. The molecule has 0 radical (unpaired) electrons. The molecule has 18 heavy (non-hydrogen) atoms. The zero-order valence-corrected chi connectivity index (χ0v) is 12.3. The Morgan fingerprint density at radius 2 is 1.94 bits per heavy atom. The van der Waals surface area contributed by atoms with Gasteiger partial charge in [-0.05, 0) is 44.4 Å². The molecule has 1 aliphatic carbocycles. The second-order valence-corrected chi connectivity index (χ2v) is 6.06. The molecule has 0 N–H and O–H groups in total. The lowest BCUT2D eigenvalue weighted by Gasteiger charge is -2.34. The topological polar surface area (TPSA) is 29.0 Å². The van der Waals surface area contributed by atoms with Crippen LogP contribution < -0.4 is 4.90 Å². The number of aromatic nitrogens is 2. The molecule has 0 atom stereocenters. The molecule has 2 aliphatic rings. The SMILES string of the molecule is BrCC1CCN(c2ncnc3c2CCCC3)CC1. The van der Waals surface area contributed by atoms with Crippen molar-refractivity contribution in [3.05, 3.63) is 17.6 Å². The number of aryl methyl sites for hydroxylation is 1. The van der Waals surface area contributed by atoms with Crippen LogP contribution in [0.2, 0.25) is 0 Å². The molecule has 2 heterocycles. The van der Waals surface area contributed by atoms with Crippen LogP contribution in [0.15, 0.2) is 6.33 Å². The van der Waals surface area contributed by atoms with Gasteiger partial charge in [-0.1, -0.05) is 15.9 Å². The smallest absolute Gasteiger partial charge is 0.135 e. The molecule has 0 saturated carbocycles. The van der Waals surface area contributed by atoms with Crippen molar-refractivity contribution >= 4 is 21.7 Å². The first-order valence-corrected chi connectivity index (χ1v) is 8.14. The van der Waals surface area contributed by atoms with Gasteiger partial charge < -0.3 is 4.90 Å². The van der Waals surface area contributed by atoms with Crippen LogP contribution in [0.1, 0.15) is 36.9 Å². The highest BCUT2D eigenvalue weighted by molar-refractivity contribution is 9.09. The van der Waals surface area contributed by atoms with Gasteiger partial charge in [-0.3, -0.25) is 0 Å². The summed E-state index contributed by atoms with van der Waals surface area (Å²) >= 11 is 3.60. The zero-order valence-electron chi connectivity index (χ0n) is 10.7. The van der Waals surface area contributed by atoms with Crippen LogP contribution in [0.4, 0.5) is 5.82 Å². The first-order chi connectivity index (χ1) is 8.88. The Hall–Kier alpha value is -0.640. The van der Waals surface area contributed by atoms with Gasteiger partial charge in [0.1, 0.15) is 12.1 Å². The lowest BCUT2D eigenvalue weighted by molar-refractivity contribution is 0.443. The van der Waals surface area contributed by atoms with Crippen LogP contribution in [-0.2, 0) is 12.8 Å². The summed E-state index contributed by atoms with van der Waals surface area (Å²) in [6.07, 6.45) is 9.22. The molecule has 98 valence electrons. The van der Waals surface area contributed by atoms with E-state index in [9.17, 15) is 0 Å². The van der Waals surface area contributed by atoms with E-state index in [1.54, 1.807) is 6.33 Å². The van der Waals surface area contributed by atoms with Crippen molar-refractivity contribution in [2.45, 2.75) is 38.5 Å². The number of anilines is 1. The molecule has 0 bridgehead atoms. The highest BCUT2D eigenvalue weighted by Crippen LogP contribution is 2.30. The number of nitrogens with zero attached hydrogens (tertiary/aromatic N) is 3. The maximum absolute atomic E-state index is 4.57. The van der Waals surface area contributed by atoms with Gasteiger partial charge >= 0.3 is 0 Å². The summed E-state index contributed by atoms with van der Waals surface area (Å²) in [6, 6.07) is 0. The standard InChI is InChI=1S/C14H20BrN3/c15-9-11-5-7-18(8-6-11)14-12-3-1-2-4-13(12)16-10-17-14/h10-11H,1-9H2. The van der Waals surface area contributed by atoms with Crippen molar-refractivity contribution < 1.29 is 0 Å². The Balaban J connectivity index is 1.80. The minimum Gasteiger partial charge on any atom is -0.356 e. The number of hydrogen-bond donors (Lipinski definition) is 0. The predicted molar refractivity (Wildman–Crippen MR) is 77.4 cm³/mol. The van der Waals surface area contributed by atoms with Crippen molar-refractivity contribution in [2.24, 2.45) is 5.92 Å². The maximum atomic E-state index is 4.57. The lowest BCUT2D eigenvalue weighted by Crippen LogP contribution is -2.35. The van der Waals surface area contributed by atoms with E-state index < -0.39 is 0 Å². The molecule has 1 aromatic rings. The summed E-state index contributed by atoms with van der Waals surface area (Å²) in [5.74, 6) is 2.08. The molecule has 1 saturated heterocycles. The molecule has 0 unspecified atom stereocenters. The van der Waals surface area contributed by atoms with Crippen LogP contribution in [-0.4, -0.2) is 28.4 Å². The van der Waals surface area contributed by atoms with Gasteiger partial charge in [-0.2, -0.15) is 0 Å². The zero-order chi connectivity index (χ0) is 12.4. The van der Waals surface area contributed by atoms with Crippen LogP contribution >= 0.6 is 15.9 Å². The van der Waals surface area contributed by atoms with E-state index in [0.717, 1.165) is 30.8 Å². The van der Waals surface area contributed by atoms with Crippen molar-refractivity contribution in [1.82, 2.24) is 9.97 Å². The summed E-state index contributed by atoms with van der Waals surface area (Å²) in [6.45, 7) is 2.30. The van der Waals surface area contributed by atoms with Crippen molar-refractivity contribution in [3.63, 3.8) is 0 Å². The quantitative estimate of drug-likeness (QED) is 0.787. The van der Waals surface area contributed by atoms with Crippen molar-refractivity contribution in [2.75, 3.05) is 23.3 Å². The molecule has 1 fully saturated rings. The first kappa shape index (κ1) is 12.4. The highest BCUT2D eigenvalue weighted by atomic mass is 79.9. The molecular weight excluding hydrogens is 290 g/mol. The molecule has 0 aromatic carbocycles. The molecule has 0 spiro atoms. The minimum atomic E-state index is 0.846. The van der Waals surface area contributed by atoms with E-state index in [1.165, 1.54) is 49.2 Å². The fraction of sp³-hybridized carbons (Fsp3) is 0.714. The van der Waals surface area contributed by atoms with Crippen LogP contribution in [0.3, 0.4) is 0 Å². The molecule has 0 amide bonds. The summed E-state index contributed by atoms with van der Waals surface area (Å²) in [4.78, 5) is 11.5. The number of rotatable bonds is 2. The average molecular weight is 310 g/mol. The predicted octanol–water partition coefficient (Wildman–Crippen LogP) is 2.97. The summed E-state index contributed by atoms with van der Waals surface area (Å²) in [5, 5.41) is 1.14. The third kappa shape index (κ3) is 2.40. The van der Waals surface area contributed by atoms with E-state index in [-0.39, 0.29) is 0 Å². The summed E-state index contributed by atoms with van der Waals surface area (Å²) in [5.41, 5.74) is 2.73. The fourth-order valence-corrected chi connectivity index (χ4v) is 3.72. The number of halogens is 1. The summed E-state index contributed by atoms with van der Waals surface area (Å²) < 4.78 is 0. The van der Waals surface area contributed by atoms with Crippen molar-refractivity contribution in [3.8, 4) is 0 Å². The van der Waals surface area contributed by atoms with Crippen LogP contribution in [0.5, 0.6) is 0 Å². The molecule has 3 rings (SSSR count). The Labute approximate surface area is 117 Å². The van der Waals surface area contributed by atoms with E-state index in [4.69, 9.17) is 0 Å². The van der Waals surface area contributed by atoms with Gasteiger partial charge in [0.2, 0.25) is 0 Å². The van der Waals surface area contributed by atoms with Gasteiger partial charge in [0.25, 0.3) is 0 Å². The Morgan fingerprint density at radius 1 is 1.17 bits per heavy atom. The number of hydrogen-bond acceptors (Lipinski definition) is 3. The molecule has 3 nitrogen and oxygen atoms in total. The normalized spacial score (nSPS) is 20.8. The Morgan fingerprint density at radius 3 is 2.72 bits per heavy atom. The Kier molecular flexibility index (Phi) is 3.83. The fourth-order valence-electron chi connectivity index (χ4n) is 3.08. The third-order valence-electron chi connectivity index (χ3n) is 4.23. The van der Waals surface area contributed by atoms with Crippen molar-refractivity contribution in [1.29, 1.82) is 0 Å². The first-order valence-electron chi connectivity index (χ1n) is 7.02. The van der Waals surface area contributed by atoms with Gasteiger partial charge in [0.15, 0.2) is 0 Å². The van der Waals surface area contributed by atoms with E-state index in [0.29, 0.717) is 0 Å². The van der Waals surface area contributed by atoms with Crippen LogP contribution in [0, 0.1) is 5.92 Å². The second-order valence-electron chi connectivity index (χ2n) is 5.41. The second kappa shape index (κ2) is 5.55. The lowest BCUT2D eigenvalue weighted by atomic mass is 9.94. The van der Waals surface area contributed by atoms with E-state index in [2.05, 4.69) is 30.8 Å². The monoisotopic (exact) mass is 309 g/mol. The molecule has 4 heteroatoms. The average Bonchev–Trinajstić information content (AvgIpc) is 2.47. The van der Waals surface area contributed by atoms with E-state index in [1.807, 2.05) is 0 Å². The maximum Gasteiger partial charge on any atom is 0.135 e.